The van der Waals surface area contributed by atoms with Crippen molar-refractivity contribution in [3.8, 4) is 11.8 Å². The lowest BCUT2D eigenvalue weighted by Crippen LogP contribution is -2.02. The van der Waals surface area contributed by atoms with Crippen LogP contribution in [0.3, 0.4) is 0 Å². The van der Waals surface area contributed by atoms with Gasteiger partial charge in [-0.3, -0.25) is 0 Å². The minimum absolute atomic E-state index is 0.370. The fourth-order valence-electron chi connectivity index (χ4n) is 1.41. The number of rotatable bonds is 1. The van der Waals surface area contributed by atoms with Crippen LogP contribution in [0.25, 0.3) is 5.69 Å². The van der Waals surface area contributed by atoms with Crippen molar-refractivity contribution in [2.75, 3.05) is 0 Å². The number of halogens is 1. The van der Waals surface area contributed by atoms with Crippen LogP contribution < -0.4 is 0 Å². The van der Waals surface area contributed by atoms with Gasteiger partial charge in [0.1, 0.15) is 11.9 Å². The molecule has 0 bridgehead atoms. The van der Waals surface area contributed by atoms with Crippen LogP contribution >= 0.6 is 0 Å². The highest BCUT2D eigenvalue weighted by molar-refractivity contribution is 5.49. The molecule has 5 heteroatoms. The number of aryl methyl sites for hydroxylation is 1. The Bertz CT molecular complexity index is 580. The van der Waals surface area contributed by atoms with Crippen LogP contribution in [0.15, 0.2) is 18.2 Å². The van der Waals surface area contributed by atoms with Crippen molar-refractivity contribution in [2.24, 2.45) is 0 Å². The van der Waals surface area contributed by atoms with Gasteiger partial charge in [0.2, 0.25) is 0 Å². The van der Waals surface area contributed by atoms with Gasteiger partial charge in [0, 0.05) is 6.07 Å². The summed E-state index contributed by atoms with van der Waals surface area (Å²) in [6.07, 6.45) is 0. The van der Waals surface area contributed by atoms with E-state index in [0.29, 0.717) is 11.3 Å². The molecule has 1 aromatic carbocycles. The van der Waals surface area contributed by atoms with Gasteiger partial charge in [0.15, 0.2) is 0 Å². The second kappa shape index (κ2) is 3.74. The maximum Gasteiger partial charge on any atom is 0.125 e. The fourth-order valence-corrected chi connectivity index (χ4v) is 1.41. The van der Waals surface area contributed by atoms with E-state index in [1.54, 1.807) is 0 Å². The molecule has 0 N–H and O–H groups in total. The van der Waals surface area contributed by atoms with Gasteiger partial charge in [-0.25, -0.2) is 9.07 Å². The molecule has 0 atom stereocenters. The Morgan fingerprint density at radius 3 is 2.69 bits per heavy atom. The molecule has 0 amide bonds. The Labute approximate surface area is 91.9 Å². The van der Waals surface area contributed by atoms with E-state index >= 15 is 0 Å². The van der Waals surface area contributed by atoms with Crippen LogP contribution in [0.4, 0.5) is 4.39 Å². The Hall–Kier alpha value is -2.22. The molecule has 2 aromatic rings. The summed E-state index contributed by atoms with van der Waals surface area (Å²) in [6, 6.07) is 5.96. The quantitative estimate of drug-likeness (QED) is 0.731. The average molecular weight is 216 g/mol. The van der Waals surface area contributed by atoms with E-state index < -0.39 is 5.82 Å². The van der Waals surface area contributed by atoms with Crippen LogP contribution in [0.1, 0.15) is 17.0 Å². The average Bonchev–Trinajstić information content (AvgIpc) is 2.60. The van der Waals surface area contributed by atoms with Gasteiger partial charge >= 0.3 is 0 Å². The largest absolute Gasteiger partial charge is 0.216 e. The van der Waals surface area contributed by atoms with E-state index in [-0.39, 0.29) is 0 Å². The van der Waals surface area contributed by atoms with Crippen molar-refractivity contribution in [1.29, 1.82) is 5.26 Å². The van der Waals surface area contributed by atoms with Gasteiger partial charge in [0.25, 0.3) is 0 Å². The van der Waals surface area contributed by atoms with E-state index in [4.69, 9.17) is 5.26 Å². The highest BCUT2D eigenvalue weighted by Gasteiger charge is 2.11. The number of benzene rings is 1. The van der Waals surface area contributed by atoms with Gasteiger partial charge in [-0.15, -0.1) is 5.10 Å². The standard InChI is InChI=1S/C11H9FN4/c1-7-8(2)16(15-14-7)11-5-10(12)4-3-9(11)6-13/h3-5H,1-2H3. The van der Waals surface area contributed by atoms with Crippen LogP contribution in [0.5, 0.6) is 0 Å². The third-order valence-corrected chi connectivity index (χ3v) is 2.43. The van der Waals surface area contributed by atoms with Crippen molar-refractivity contribution in [2.45, 2.75) is 13.8 Å². The first-order chi connectivity index (χ1) is 7.63. The summed E-state index contributed by atoms with van der Waals surface area (Å²) in [5.41, 5.74) is 2.34. The summed E-state index contributed by atoms with van der Waals surface area (Å²) in [6.45, 7) is 3.63. The summed E-state index contributed by atoms with van der Waals surface area (Å²) >= 11 is 0. The first-order valence-corrected chi connectivity index (χ1v) is 4.72. The minimum atomic E-state index is -0.401. The molecule has 0 radical (unpaired) electrons. The molecule has 0 spiro atoms. The van der Waals surface area contributed by atoms with E-state index in [1.165, 1.54) is 22.9 Å². The number of nitrogens with zero attached hydrogens (tertiary/aromatic N) is 4. The molecule has 0 aliphatic rings. The molecular weight excluding hydrogens is 207 g/mol. The first-order valence-electron chi connectivity index (χ1n) is 4.72. The topological polar surface area (TPSA) is 54.5 Å². The third kappa shape index (κ3) is 1.54. The van der Waals surface area contributed by atoms with Crippen LogP contribution in [0.2, 0.25) is 0 Å². The molecule has 4 nitrogen and oxygen atoms in total. The molecule has 0 aliphatic heterocycles. The zero-order valence-electron chi connectivity index (χ0n) is 8.90. The molecule has 2 rings (SSSR count). The van der Waals surface area contributed by atoms with Gasteiger partial charge < -0.3 is 0 Å². The van der Waals surface area contributed by atoms with Gasteiger partial charge in [-0.1, -0.05) is 5.21 Å². The van der Waals surface area contributed by atoms with Gasteiger partial charge in [-0.05, 0) is 26.0 Å². The van der Waals surface area contributed by atoms with Gasteiger partial charge in [-0.2, -0.15) is 5.26 Å². The highest BCUT2D eigenvalue weighted by Crippen LogP contribution is 2.17. The summed E-state index contributed by atoms with van der Waals surface area (Å²) in [4.78, 5) is 0. The number of hydrogen-bond donors (Lipinski definition) is 0. The van der Waals surface area contributed by atoms with E-state index in [2.05, 4.69) is 10.3 Å². The first kappa shape index (κ1) is 10.3. The lowest BCUT2D eigenvalue weighted by molar-refractivity contribution is 0.624. The Balaban J connectivity index is 2.68. The predicted octanol–water partition coefficient (Wildman–Crippen LogP) is 1.89. The lowest BCUT2D eigenvalue weighted by Gasteiger charge is -2.05. The third-order valence-electron chi connectivity index (χ3n) is 2.43. The summed E-state index contributed by atoms with van der Waals surface area (Å²) in [7, 11) is 0. The zero-order chi connectivity index (χ0) is 11.7. The molecular formula is C11H9FN4. The second-order valence-corrected chi connectivity index (χ2v) is 3.45. The number of aromatic nitrogens is 3. The van der Waals surface area contributed by atoms with Gasteiger partial charge in [0.05, 0.1) is 22.6 Å². The molecule has 0 saturated carbocycles. The molecule has 0 fully saturated rings. The fraction of sp³-hybridized carbons (Fsp3) is 0.182. The van der Waals surface area contributed by atoms with Crippen molar-refractivity contribution in [3.63, 3.8) is 0 Å². The molecule has 80 valence electrons. The van der Waals surface area contributed by atoms with Crippen LogP contribution in [-0.2, 0) is 0 Å². The van der Waals surface area contributed by atoms with Crippen molar-refractivity contribution >= 4 is 0 Å². The monoisotopic (exact) mass is 216 g/mol. The number of hydrogen-bond acceptors (Lipinski definition) is 3. The van der Waals surface area contributed by atoms with E-state index in [9.17, 15) is 4.39 Å². The van der Waals surface area contributed by atoms with Crippen LogP contribution in [0, 0.1) is 31.0 Å². The molecule has 1 aromatic heterocycles. The Kier molecular flexibility index (Phi) is 2.41. The SMILES string of the molecule is Cc1nnn(-c2cc(F)ccc2C#N)c1C. The summed E-state index contributed by atoms with van der Waals surface area (Å²) in [5.74, 6) is -0.401. The predicted molar refractivity (Wildman–Crippen MR) is 55.5 cm³/mol. The number of nitriles is 1. The Morgan fingerprint density at radius 1 is 1.38 bits per heavy atom. The minimum Gasteiger partial charge on any atom is -0.216 e. The lowest BCUT2D eigenvalue weighted by atomic mass is 10.2. The van der Waals surface area contributed by atoms with Crippen molar-refractivity contribution < 1.29 is 4.39 Å². The molecule has 0 saturated heterocycles. The van der Waals surface area contributed by atoms with E-state index in [0.717, 1.165) is 11.4 Å². The zero-order valence-corrected chi connectivity index (χ0v) is 8.90. The second-order valence-electron chi connectivity index (χ2n) is 3.45. The van der Waals surface area contributed by atoms with E-state index in [1.807, 2.05) is 19.9 Å². The highest BCUT2D eigenvalue weighted by atomic mass is 19.1. The smallest absolute Gasteiger partial charge is 0.125 e. The van der Waals surface area contributed by atoms with Crippen LogP contribution in [-0.4, -0.2) is 15.0 Å². The molecule has 16 heavy (non-hydrogen) atoms. The molecule has 1 heterocycles. The summed E-state index contributed by atoms with van der Waals surface area (Å²) in [5, 5.41) is 16.7. The maximum absolute atomic E-state index is 13.1. The summed E-state index contributed by atoms with van der Waals surface area (Å²) < 4.78 is 14.6. The van der Waals surface area contributed by atoms with Crippen molar-refractivity contribution in [1.82, 2.24) is 15.0 Å². The van der Waals surface area contributed by atoms with Crippen molar-refractivity contribution in [3.05, 3.63) is 41.0 Å². The maximum atomic E-state index is 13.1. The Morgan fingerprint density at radius 2 is 2.12 bits per heavy atom. The molecule has 0 unspecified atom stereocenters. The molecule has 0 aliphatic carbocycles. The normalized spacial score (nSPS) is 10.1.